The van der Waals surface area contributed by atoms with Crippen LogP contribution in [-0.4, -0.2) is 52.5 Å². The second-order valence-corrected chi connectivity index (χ2v) is 9.26. The van der Waals surface area contributed by atoms with Crippen molar-refractivity contribution >= 4 is 5.91 Å². The second kappa shape index (κ2) is 7.97. The average molecular weight is 417 g/mol. The highest BCUT2D eigenvalue weighted by molar-refractivity contribution is 5.73. The van der Waals surface area contributed by atoms with Gasteiger partial charge >= 0.3 is 0 Å². The third-order valence-corrected chi connectivity index (χ3v) is 7.35. The number of rotatable bonds is 2. The maximum absolute atomic E-state index is 12.7. The summed E-state index contributed by atoms with van der Waals surface area (Å²) in [5.41, 5.74) is 3.93. The van der Waals surface area contributed by atoms with E-state index in [0.29, 0.717) is 23.4 Å². The van der Waals surface area contributed by atoms with Gasteiger partial charge in [0.2, 0.25) is 5.91 Å². The van der Waals surface area contributed by atoms with Gasteiger partial charge in [0.15, 0.2) is 0 Å². The molecule has 0 radical (unpaired) electrons. The van der Waals surface area contributed by atoms with Crippen LogP contribution in [0.1, 0.15) is 43.4 Å². The van der Waals surface area contributed by atoms with E-state index in [9.17, 15) is 14.9 Å². The Morgan fingerprint density at radius 2 is 1.90 bits per heavy atom. The van der Waals surface area contributed by atoms with Crippen LogP contribution in [0.4, 0.5) is 0 Å². The third kappa shape index (κ3) is 3.68. The van der Waals surface area contributed by atoms with Crippen molar-refractivity contribution in [2.45, 2.75) is 44.7 Å². The zero-order chi connectivity index (χ0) is 21.5. The van der Waals surface area contributed by atoms with Crippen molar-refractivity contribution in [3.8, 4) is 17.2 Å². The number of benzene rings is 1. The fourth-order valence-electron chi connectivity index (χ4n) is 5.90. The van der Waals surface area contributed by atoms with Crippen LogP contribution in [0.25, 0.3) is 11.1 Å². The molecule has 6 heteroatoms. The van der Waals surface area contributed by atoms with E-state index in [1.54, 1.807) is 13.0 Å². The minimum absolute atomic E-state index is 0.0769. The number of fused-ring (bicyclic) bond motifs is 4. The van der Waals surface area contributed by atoms with Gasteiger partial charge in [-0.05, 0) is 48.9 Å². The molecular weight excluding hydrogens is 388 g/mol. The van der Waals surface area contributed by atoms with Crippen molar-refractivity contribution < 1.29 is 4.79 Å². The number of pyridine rings is 1. The van der Waals surface area contributed by atoms with E-state index in [-0.39, 0.29) is 11.5 Å². The Bertz CT molecular complexity index is 1110. The fraction of sp³-hybridized carbons (Fsp3) is 0.480. The van der Waals surface area contributed by atoms with E-state index >= 15 is 0 Å². The summed E-state index contributed by atoms with van der Waals surface area (Å²) in [4.78, 5) is 29.0. The van der Waals surface area contributed by atoms with Gasteiger partial charge < -0.3 is 9.47 Å². The van der Waals surface area contributed by atoms with Crippen molar-refractivity contribution in [1.29, 1.82) is 5.26 Å². The molecule has 3 aliphatic rings. The van der Waals surface area contributed by atoms with Gasteiger partial charge in [0, 0.05) is 68.9 Å². The van der Waals surface area contributed by atoms with Gasteiger partial charge in [0.1, 0.15) is 0 Å². The summed E-state index contributed by atoms with van der Waals surface area (Å²) in [7, 11) is 0. The topological polar surface area (TPSA) is 69.3 Å². The largest absolute Gasteiger partial charge is 0.343 e. The van der Waals surface area contributed by atoms with Crippen LogP contribution in [0.5, 0.6) is 0 Å². The number of likely N-dealkylation sites (tertiary alicyclic amines) is 2. The van der Waals surface area contributed by atoms with E-state index in [1.807, 2.05) is 39.8 Å². The van der Waals surface area contributed by atoms with Crippen molar-refractivity contribution in [3.05, 3.63) is 58.0 Å². The number of aromatic nitrogens is 1. The molecule has 2 atom stereocenters. The molecule has 2 fully saturated rings. The quantitative estimate of drug-likeness (QED) is 0.755. The number of carbonyl (C=O) groups is 1. The number of piperidine rings is 2. The fourth-order valence-corrected chi connectivity index (χ4v) is 5.90. The first-order valence-corrected chi connectivity index (χ1v) is 11.3. The first-order chi connectivity index (χ1) is 15.0. The van der Waals surface area contributed by atoms with E-state index in [1.165, 1.54) is 0 Å². The maximum Gasteiger partial charge on any atom is 0.250 e. The minimum Gasteiger partial charge on any atom is -0.343 e. The van der Waals surface area contributed by atoms with Gasteiger partial charge in [0.05, 0.1) is 11.6 Å². The number of amides is 1. The van der Waals surface area contributed by atoms with Crippen molar-refractivity contribution in [1.82, 2.24) is 14.4 Å². The van der Waals surface area contributed by atoms with Crippen LogP contribution in [0.2, 0.25) is 0 Å². The molecule has 5 rings (SSSR count). The van der Waals surface area contributed by atoms with Crippen molar-refractivity contribution in [2.24, 2.45) is 5.92 Å². The monoisotopic (exact) mass is 416 g/mol. The number of carbonyl (C=O) groups excluding carboxylic acids is 1. The van der Waals surface area contributed by atoms with E-state index in [2.05, 4.69) is 11.0 Å². The molecule has 0 aliphatic carbocycles. The molecule has 0 spiro atoms. The van der Waals surface area contributed by atoms with Gasteiger partial charge in [-0.3, -0.25) is 14.5 Å². The minimum atomic E-state index is 0.0769. The lowest BCUT2D eigenvalue weighted by Crippen LogP contribution is -2.53. The average Bonchev–Trinajstić information content (AvgIpc) is 2.79. The molecule has 0 saturated carbocycles. The Balaban J connectivity index is 1.46. The summed E-state index contributed by atoms with van der Waals surface area (Å²) in [6.07, 6.45) is 3.16. The van der Waals surface area contributed by atoms with Crippen LogP contribution in [0.3, 0.4) is 0 Å². The number of hydrogen-bond donors (Lipinski definition) is 0. The Labute approximate surface area is 182 Å². The van der Waals surface area contributed by atoms with Gasteiger partial charge in [-0.2, -0.15) is 5.26 Å². The number of hydrogen-bond acceptors (Lipinski definition) is 4. The zero-order valence-electron chi connectivity index (χ0n) is 18.0. The zero-order valence-corrected chi connectivity index (χ0v) is 18.0. The Morgan fingerprint density at radius 1 is 1.10 bits per heavy atom. The standard InChI is InChI=1S/C25H28N4O2/c1-17(30)27-9-7-22(8-10-27)28-14-19-12-21(16-28)25-23(5-6-24(31)29(25)15-19)20-4-2-3-18(11-20)13-26/h2-6,11,19,21-22H,7-10,12,14-16H2,1H3. The molecule has 31 heavy (non-hydrogen) atoms. The Hall–Kier alpha value is -2.91. The first-order valence-electron chi connectivity index (χ1n) is 11.3. The molecule has 0 N–H and O–H groups in total. The number of nitrogens with zero attached hydrogens (tertiary/aromatic N) is 4. The van der Waals surface area contributed by atoms with Gasteiger partial charge in [0.25, 0.3) is 5.56 Å². The van der Waals surface area contributed by atoms with Crippen molar-refractivity contribution in [2.75, 3.05) is 26.2 Å². The lowest BCUT2D eigenvalue weighted by atomic mass is 9.79. The van der Waals surface area contributed by atoms with Gasteiger partial charge in [-0.15, -0.1) is 0 Å². The predicted octanol–water partition coefficient (Wildman–Crippen LogP) is 2.82. The smallest absolute Gasteiger partial charge is 0.250 e. The normalized spacial score (nSPS) is 23.8. The summed E-state index contributed by atoms with van der Waals surface area (Å²) >= 11 is 0. The summed E-state index contributed by atoms with van der Waals surface area (Å²) < 4.78 is 1.99. The predicted molar refractivity (Wildman–Crippen MR) is 119 cm³/mol. The molecule has 2 saturated heterocycles. The highest BCUT2D eigenvalue weighted by Gasteiger charge is 2.39. The lowest BCUT2D eigenvalue weighted by molar-refractivity contribution is -0.130. The Kier molecular flexibility index (Phi) is 5.15. The van der Waals surface area contributed by atoms with Crippen LogP contribution in [-0.2, 0) is 11.3 Å². The Morgan fingerprint density at radius 3 is 2.65 bits per heavy atom. The highest BCUT2D eigenvalue weighted by atomic mass is 16.2. The second-order valence-electron chi connectivity index (χ2n) is 9.26. The highest BCUT2D eigenvalue weighted by Crippen LogP contribution is 2.41. The molecule has 2 aromatic rings. The third-order valence-electron chi connectivity index (χ3n) is 7.35. The van der Waals surface area contributed by atoms with Gasteiger partial charge in [-0.1, -0.05) is 12.1 Å². The van der Waals surface area contributed by atoms with E-state index in [0.717, 1.165) is 68.8 Å². The van der Waals surface area contributed by atoms with E-state index in [4.69, 9.17) is 0 Å². The van der Waals surface area contributed by atoms with E-state index < -0.39 is 0 Å². The first kappa shape index (κ1) is 20.0. The van der Waals surface area contributed by atoms with Crippen LogP contribution in [0.15, 0.2) is 41.2 Å². The molecule has 2 unspecified atom stereocenters. The molecule has 160 valence electrons. The number of nitriles is 1. The summed E-state index contributed by atoms with van der Waals surface area (Å²) in [5, 5.41) is 9.33. The SMILES string of the molecule is CC(=O)N1CCC(N2CC3CC(C2)c2c(-c4cccc(C#N)c4)ccc(=O)n2C3)CC1. The molecule has 4 heterocycles. The maximum atomic E-state index is 12.7. The summed E-state index contributed by atoms with van der Waals surface area (Å²) in [6.45, 7) is 6.08. The molecule has 1 amide bonds. The lowest BCUT2D eigenvalue weighted by Gasteiger charge is -2.48. The van der Waals surface area contributed by atoms with Crippen LogP contribution >= 0.6 is 0 Å². The van der Waals surface area contributed by atoms with Gasteiger partial charge in [-0.25, -0.2) is 0 Å². The molecule has 1 aromatic heterocycles. The molecule has 2 bridgehead atoms. The van der Waals surface area contributed by atoms with Crippen LogP contribution in [0, 0.1) is 17.2 Å². The van der Waals surface area contributed by atoms with Crippen molar-refractivity contribution in [3.63, 3.8) is 0 Å². The molecular formula is C25H28N4O2. The summed E-state index contributed by atoms with van der Waals surface area (Å²) in [6, 6.07) is 14.0. The molecule has 3 aliphatic heterocycles. The molecule has 1 aromatic carbocycles. The van der Waals surface area contributed by atoms with Crippen LogP contribution < -0.4 is 5.56 Å². The summed E-state index contributed by atoms with van der Waals surface area (Å²) in [5.74, 6) is 0.968. The molecule has 6 nitrogen and oxygen atoms in total.